The van der Waals surface area contributed by atoms with Crippen LogP contribution in [0.15, 0.2) is 0 Å². The molecule has 1 heterocycles. The number of carbonyl (C=O) groups excluding carboxylic acids is 3. The molecule has 0 radical (unpaired) electrons. The Kier molecular flexibility index (Phi) is 5.73. The zero-order valence-electron chi connectivity index (χ0n) is 13.1. The molecule has 7 nitrogen and oxygen atoms in total. The summed E-state index contributed by atoms with van der Waals surface area (Å²) in [5.41, 5.74) is 1.25. The van der Waals surface area contributed by atoms with Crippen LogP contribution in [0.1, 0.15) is 40.6 Å². The predicted molar refractivity (Wildman–Crippen MR) is 85.6 cm³/mol. The van der Waals surface area contributed by atoms with Crippen molar-refractivity contribution in [2.45, 2.75) is 38.6 Å². The van der Waals surface area contributed by atoms with Gasteiger partial charge in [0.25, 0.3) is 0 Å². The molecule has 2 amide bonds. The molecule has 0 spiro atoms. The Hall–Kier alpha value is -1.93. The molecule has 1 aliphatic carbocycles. The lowest BCUT2D eigenvalue weighted by molar-refractivity contribution is -0.136. The van der Waals surface area contributed by atoms with E-state index in [9.17, 15) is 14.4 Å². The van der Waals surface area contributed by atoms with Crippen LogP contribution in [-0.4, -0.2) is 42.6 Å². The maximum absolute atomic E-state index is 12.0. The first kappa shape index (κ1) is 17.4. The van der Waals surface area contributed by atoms with E-state index in [1.807, 2.05) is 0 Å². The smallest absolute Gasteiger partial charge is 0.341 e. The minimum atomic E-state index is -0.859. The molecule has 126 valence electrons. The number of hydrogen-bond donors (Lipinski definition) is 3. The number of hydrogen-bond acceptors (Lipinski definition) is 6. The lowest BCUT2D eigenvalue weighted by atomic mass is 10.1. The number of fused-ring (bicyclic) bond motifs is 1. The zero-order chi connectivity index (χ0) is 17.0. The number of aliphatic hydroxyl groups is 1. The van der Waals surface area contributed by atoms with E-state index >= 15 is 0 Å². The highest BCUT2D eigenvalue weighted by Crippen LogP contribution is 2.39. The maximum Gasteiger partial charge on any atom is 0.341 e. The summed E-state index contributed by atoms with van der Waals surface area (Å²) in [6, 6.07) is -0.471. The highest BCUT2D eigenvalue weighted by molar-refractivity contribution is 7.17. The molecule has 0 aromatic carbocycles. The first-order chi connectivity index (χ1) is 11.0. The monoisotopic (exact) mass is 340 g/mol. The van der Waals surface area contributed by atoms with Crippen LogP contribution in [0.4, 0.5) is 5.00 Å². The van der Waals surface area contributed by atoms with Gasteiger partial charge in [-0.25, -0.2) is 4.79 Å². The van der Waals surface area contributed by atoms with Gasteiger partial charge in [-0.05, 0) is 31.2 Å². The first-order valence-corrected chi connectivity index (χ1v) is 8.29. The van der Waals surface area contributed by atoms with Gasteiger partial charge < -0.3 is 20.5 Å². The van der Waals surface area contributed by atoms with Gasteiger partial charge in [-0.2, -0.15) is 0 Å². The Balaban J connectivity index is 2.15. The Bertz CT molecular complexity index is 622. The fourth-order valence-electron chi connectivity index (χ4n) is 2.50. The molecular weight excluding hydrogens is 320 g/mol. The number of rotatable bonds is 5. The lowest BCUT2D eigenvalue weighted by Gasteiger charge is -2.13. The summed E-state index contributed by atoms with van der Waals surface area (Å²) >= 11 is 1.31. The molecule has 1 aliphatic rings. The van der Waals surface area contributed by atoms with Crippen LogP contribution < -0.4 is 10.6 Å². The summed E-state index contributed by atoms with van der Waals surface area (Å²) in [5.74, 6) is -2.21. The SMILES string of the molecule is CC[C@@H](CO)NC(=O)C(=O)Nc1sc2c(c1C(=O)OC)CCC2. The summed E-state index contributed by atoms with van der Waals surface area (Å²) in [6.07, 6.45) is 3.10. The fraction of sp³-hybridized carbons (Fsp3) is 0.533. The molecule has 0 saturated heterocycles. The Morgan fingerprint density at radius 1 is 1.30 bits per heavy atom. The molecule has 1 atom stereocenters. The zero-order valence-corrected chi connectivity index (χ0v) is 13.9. The molecule has 2 rings (SSSR count). The molecule has 8 heteroatoms. The van der Waals surface area contributed by atoms with Gasteiger partial charge in [0.05, 0.1) is 25.3 Å². The van der Waals surface area contributed by atoms with E-state index in [0.717, 1.165) is 29.7 Å². The number of nitrogens with one attached hydrogen (secondary N) is 2. The number of aryl methyl sites for hydroxylation is 1. The van der Waals surface area contributed by atoms with Crippen molar-refractivity contribution in [3.8, 4) is 0 Å². The second-order valence-corrected chi connectivity index (χ2v) is 6.37. The minimum Gasteiger partial charge on any atom is -0.465 e. The second kappa shape index (κ2) is 7.56. The third-order valence-electron chi connectivity index (χ3n) is 3.79. The van der Waals surface area contributed by atoms with Gasteiger partial charge in [-0.1, -0.05) is 6.92 Å². The van der Waals surface area contributed by atoms with Gasteiger partial charge in [0, 0.05) is 4.88 Å². The van der Waals surface area contributed by atoms with Crippen molar-refractivity contribution in [1.82, 2.24) is 5.32 Å². The van der Waals surface area contributed by atoms with Crippen LogP contribution in [0, 0.1) is 0 Å². The predicted octanol–water partition coefficient (Wildman–Crippen LogP) is 0.849. The van der Waals surface area contributed by atoms with E-state index < -0.39 is 23.8 Å². The molecule has 3 N–H and O–H groups in total. The summed E-state index contributed by atoms with van der Waals surface area (Å²) < 4.78 is 4.78. The molecule has 0 fully saturated rings. The molecule has 0 bridgehead atoms. The maximum atomic E-state index is 12.0. The quantitative estimate of drug-likeness (QED) is 0.544. The van der Waals surface area contributed by atoms with Crippen LogP contribution >= 0.6 is 11.3 Å². The highest BCUT2D eigenvalue weighted by atomic mass is 32.1. The molecule has 23 heavy (non-hydrogen) atoms. The number of aliphatic hydroxyl groups excluding tert-OH is 1. The average molecular weight is 340 g/mol. The Labute approximate surface area is 138 Å². The van der Waals surface area contributed by atoms with Crippen molar-refractivity contribution >= 4 is 34.1 Å². The van der Waals surface area contributed by atoms with Gasteiger partial charge in [0.1, 0.15) is 5.00 Å². The number of esters is 1. The van der Waals surface area contributed by atoms with Gasteiger partial charge in [0.15, 0.2) is 0 Å². The third kappa shape index (κ3) is 3.70. The van der Waals surface area contributed by atoms with Crippen LogP contribution in [-0.2, 0) is 27.2 Å². The van der Waals surface area contributed by atoms with Crippen molar-refractivity contribution in [1.29, 1.82) is 0 Å². The van der Waals surface area contributed by atoms with E-state index in [1.165, 1.54) is 18.4 Å². The fourth-order valence-corrected chi connectivity index (χ4v) is 3.77. The van der Waals surface area contributed by atoms with Crippen molar-refractivity contribution in [3.63, 3.8) is 0 Å². The first-order valence-electron chi connectivity index (χ1n) is 7.47. The molecule has 0 saturated carbocycles. The summed E-state index contributed by atoms with van der Waals surface area (Å²) in [5, 5.41) is 14.3. The largest absolute Gasteiger partial charge is 0.465 e. The van der Waals surface area contributed by atoms with E-state index in [-0.39, 0.29) is 6.61 Å². The average Bonchev–Trinajstić information content (AvgIpc) is 3.11. The van der Waals surface area contributed by atoms with Crippen LogP contribution in [0.3, 0.4) is 0 Å². The standard InChI is InChI=1S/C15H20N2O5S/c1-3-8(7-18)16-12(19)13(20)17-14-11(15(21)22-2)9-5-4-6-10(9)23-14/h8,18H,3-7H2,1-2H3,(H,16,19)(H,17,20)/t8-/m0/s1. The Morgan fingerprint density at radius 3 is 2.65 bits per heavy atom. The van der Waals surface area contributed by atoms with Gasteiger partial charge >= 0.3 is 17.8 Å². The van der Waals surface area contributed by atoms with Crippen LogP contribution in [0.5, 0.6) is 0 Å². The molecule has 0 unspecified atom stereocenters. The summed E-state index contributed by atoms with van der Waals surface area (Å²) in [7, 11) is 1.28. The summed E-state index contributed by atoms with van der Waals surface area (Å²) in [4.78, 5) is 36.9. The van der Waals surface area contributed by atoms with Crippen molar-refractivity contribution in [3.05, 3.63) is 16.0 Å². The number of thiophene rings is 1. The minimum absolute atomic E-state index is 0.240. The van der Waals surface area contributed by atoms with Gasteiger partial charge in [0.2, 0.25) is 0 Å². The molecule has 0 aliphatic heterocycles. The van der Waals surface area contributed by atoms with Crippen LogP contribution in [0.25, 0.3) is 0 Å². The van der Waals surface area contributed by atoms with Gasteiger partial charge in [-0.3, -0.25) is 9.59 Å². The number of amides is 2. The number of carbonyl (C=O) groups is 3. The van der Waals surface area contributed by atoms with Crippen molar-refractivity contribution in [2.24, 2.45) is 0 Å². The normalized spacial score (nSPS) is 14.0. The van der Waals surface area contributed by atoms with Crippen LogP contribution in [0.2, 0.25) is 0 Å². The topological polar surface area (TPSA) is 105 Å². The van der Waals surface area contributed by atoms with E-state index in [2.05, 4.69) is 10.6 Å². The van der Waals surface area contributed by atoms with E-state index in [0.29, 0.717) is 17.0 Å². The summed E-state index contributed by atoms with van der Waals surface area (Å²) in [6.45, 7) is 1.55. The Morgan fingerprint density at radius 2 is 2.04 bits per heavy atom. The number of methoxy groups -OCH3 is 1. The van der Waals surface area contributed by atoms with Crippen molar-refractivity contribution < 1.29 is 24.2 Å². The van der Waals surface area contributed by atoms with Crippen molar-refractivity contribution in [2.75, 3.05) is 19.0 Å². The van der Waals surface area contributed by atoms with E-state index in [4.69, 9.17) is 9.84 Å². The molecular formula is C15H20N2O5S. The highest BCUT2D eigenvalue weighted by Gasteiger charge is 2.29. The molecule has 1 aromatic heterocycles. The van der Waals surface area contributed by atoms with E-state index in [1.54, 1.807) is 6.92 Å². The third-order valence-corrected chi connectivity index (χ3v) is 5.00. The number of ether oxygens (including phenoxy) is 1. The molecule has 1 aromatic rings. The second-order valence-electron chi connectivity index (χ2n) is 5.27. The number of anilines is 1. The lowest BCUT2D eigenvalue weighted by Crippen LogP contribution is -2.43. The van der Waals surface area contributed by atoms with Gasteiger partial charge in [-0.15, -0.1) is 11.3 Å².